The molecule has 0 saturated heterocycles. The lowest BCUT2D eigenvalue weighted by atomic mass is 10.0. The van der Waals surface area contributed by atoms with Crippen LogP contribution in [0.1, 0.15) is 28.8 Å². The van der Waals surface area contributed by atoms with Crippen LogP contribution in [0.4, 0.5) is 5.82 Å². The van der Waals surface area contributed by atoms with Crippen LogP contribution in [0.2, 0.25) is 0 Å². The first-order valence-electron chi connectivity index (χ1n) is 10.7. The van der Waals surface area contributed by atoms with Crippen molar-refractivity contribution in [2.75, 3.05) is 6.61 Å². The summed E-state index contributed by atoms with van der Waals surface area (Å²) in [7, 11) is 0. The molecule has 0 N–H and O–H groups in total. The lowest BCUT2D eigenvalue weighted by Crippen LogP contribution is -2.12. The standard InChI is InChI=1S/C24H22IN5O4/c1-3-34-24(31)22-20(13-14-28-16(2)26-15-21(28)30(32)33)23(17-9-11-18(25)12-10-17)29(27-22)19-7-5-4-6-8-19/h4-12,15H,3,13-14H2,1-2H3. The van der Waals surface area contributed by atoms with E-state index in [0.29, 0.717) is 17.8 Å². The van der Waals surface area contributed by atoms with Gasteiger partial charge in [-0.05, 0) is 58.7 Å². The number of para-hydroxylation sites is 1. The van der Waals surface area contributed by atoms with Crippen molar-refractivity contribution in [2.45, 2.75) is 26.8 Å². The first-order valence-corrected chi connectivity index (χ1v) is 11.8. The van der Waals surface area contributed by atoms with Gasteiger partial charge < -0.3 is 14.9 Å². The zero-order valence-corrected chi connectivity index (χ0v) is 20.8. The number of rotatable bonds is 8. The molecule has 2 aromatic heterocycles. The molecular formula is C24H22IN5O4. The summed E-state index contributed by atoms with van der Waals surface area (Å²) in [6, 6.07) is 17.4. The van der Waals surface area contributed by atoms with Crippen LogP contribution in [0.15, 0.2) is 60.8 Å². The summed E-state index contributed by atoms with van der Waals surface area (Å²) in [5.41, 5.74) is 3.26. The third-order valence-electron chi connectivity index (χ3n) is 5.38. The van der Waals surface area contributed by atoms with E-state index in [1.807, 2.05) is 54.6 Å². The Morgan fingerprint density at radius 3 is 2.50 bits per heavy atom. The van der Waals surface area contributed by atoms with Gasteiger partial charge in [0.1, 0.15) is 6.20 Å². The van der Waals surface area contributed by atoms with E-state index in [1.165, 1.54) is 10.8 Å². The van der Waals surface area contributed by atoms with Gasteiger partial charge in [0.2, 0.25) is 0 Å². The van der Waals surface area contributed by atoms with E-state index >= 15 is 0 Å². The van der Waals surface area contributed by atoms with E-state index in [-0.39, 0.29) is 24.7 Å². The second-order valence-electron chi connectivity index (χ2n) is 7.47. The van der Waals surface area contributed by atoms with E-state index in [9.17, 15) is 14.9 Å². The third-order valence-corrected chi connectivity index (χ3v) is 6.10. The Bertz CT molecular complexity index is 1330. The Labute approximate surface area is 209 Å². The van der Waals surface area contributed by atoms with Gasteiger partial charge in [0.15, 0.2) is 11.5 Å². The minimum Gasteiger partial charge on any atom is -0.461 e. The van der Waals surface area contributed by atoms with Crippen molar-refractivity contribution in [1.82, 2.24) is 19.3 Å². The zero-order chi connectivity index (χ0) is 24.2. The summed E-state index contributed by atoms with van der Waals surface area (Å²) >= 11 is 2.24. The normalized spacial score (nSPS) is 10.9. The summed E-state index contributed by atoms with van der Waals surface area (Å²) < 4.78 is 9.65. The van der Waals surface area contributed by atoms with Crippen molar-refractivity contribution >= 4 is 34.4 Å². The molecule has 4 aromatic rings. The fourth-order valence-electron chi connectivity index (χ4n) is 3.81. The molecule has 10 heteroatoms. The largest absolute Gasteiger partial charge is 0.461 e. The SMILES string of the molecule is CCOC(=O)c1nn(-c2ccccc2)c(-c2ccc(I)cc2)c1CCn1c([N+](=O)[O-])cnc1C. The number of halogens is 1. The third kappa shape index (κ3) is 4.72. The summed E-state index contributed by atoms with van der Waals surface area (Å²) in [6.45, 7) is 3.92. The van der Waals surface area contributed by atoms with E-state index in [2.05, 4.69) is 32.7 Å². The molecule has 174 valence electrons. The molecule has 9 nitrogen and oxygen atoms in total. The molecule has 0 aliphatic heterocycles. The number of aryl methyl sites for hydroxylation is 1. The van der Waals surface area contributed by atoms with E-state index in [4.69, 9.17) is 4.74 Å². The Hall–Kier alpha value is -3.54. The van der Waals surface area contributed by atoms with Gasteiger partial charge in [-0.15, -0.1) is 0 Å². The van der Waals surface area contributed by atoms with Gasteiger partial charge in [0.25, 0.3) is 0 Å². The fourth-order valence-corrected chi connectivity index (χ4v) is 4.17. The van der Waals surface area contributed by atoms with E-state index < -0.39 is 10.9 Å². The van der Waals surface area contributed by atoms with Gasteiger partial charge in [0, 0.05) is 28.0 Å². The maximum absolute atomic E-state index is 12.9. The van der Waals surface area contributed by atoms with Crippen molar-refractivity contribution in [3.63, 3.8) is 0 Å². The smallest absolute Gasteiger partial charge is 0.359 e. The Morgan fingerprint density at radius 1 is 1.15 bits per heavy atom. The zero-order valence-electron chi connectivity index (χ0n) is 18.6. The number of benzene rings is 2. The highest BCUT2D eigenvalue weighted by molar-refractivity contribution is 14.1. The fraction of sp³-hybridized carbons (Fsp3) is 0.208. The lowest BCUT2D eigenvalue weighted by Gasteiger charge is -2.11. The van der Waals surface area contributed by atoms with Gasteiger partial charge >= 0.3 is 11.8 Å². The molecule has 4 rings (SSSR count). The molecule has 0 radical (unpaired) electrons. The monoisotopic (exact) mass is 571 g/mol. The molecule has 0 atom stereocenters. The van der Waals surface area contributed by atoms with Crippen LogP contribution in [0, 0.1) is 20.6 Å². The van der Waals surface area contributed by atoms with E-state index in [0.717, 1.165) is 20.5 Å². The second kappa shape index (κ2) is 10.2. The maximum atomic E-state index is 12.9. The highest BCUT2D eigenvalue weighted by Crippen LogP contribution is 2.31. The number of carbonyl (C=O) groups is 1. The topological polar surface area (TPSA) is 105 Å². The summed E-state index contributed by atoms with van der Waals surface area (Å²) in [5, 5.41) is 16.1. The van der Waals surface area contributed by atoms with Crippen LogP contribution in [-0.4, -0.2) is 36.8 Å². The molecule has 2 aromatic carbocycles. The van der Waals surface area contributed by atoms with Crippen molar-refractivity contribution < 1.29 is 14.5 Å². The molecule has 0 bridgehead atoms. The number of esters is 1. The van der Waals surface area contributed by atoms with E-state index in [1.54, 1.807) is 18.5 Å². The van der Waals surface area contributed by atoms with Crippen LogP contribution < -0.4 is 0 Å². The molecule has 0 saturated carbocycles. The quantitative estimate of drug-likeness (QED) is 0.128. The Morgan fingerprint density at radius 2 is 1.85 bits per heavy atom. The highest BCUT2D eigenvalue weighted by Gasteiger charge is 2.27. The van der Waals surface area contributed by atoms with Crippen molar-refractivity contribution in [3.8, 4) is 16.9 Å². The number of carbonyl (C=O) groups excluding carboxylic acids is 1. The van der Waals surface area contributed by atoms with Crippen LogP contribution in [0.25, 0.3) is 16.9 Å². The molecular weight excluding hydrogens is 549 g/mol. The number of nitrogens with zero attached hydrogens (tertiary/aromatic N) is 5. The van der Waals surface area contributed by atoms with Gasteiger partial charge in [-0.25, -0.2) is 19.0 Å². The lowest BCUT2D eigenvalue weighted by molar-refractivity contribution is -0.392. The first kappa shape index (κ1) is 23.6. The van der Waals surface area contributed by atoms with Gasteiger partial charge in [-0.3, -0.25) is 0 Å². The summed E-state index contributed by atoms with van der Waals surface area (Å²) in [6.07, 6.45) is 1.56. The van der Waals surface area contributed by atoms with Crippen molar-refractivity contribution in [2.24, 2.45) is 0 Å². The minimum absolute atomic E-state index is 0.0959. The number of hydrogen-bond donors (Lipinski definition) is 0. The number of hydrogen-bond acceptors (Lipinski definition) is 6. The van der Waals surface area contributed by atoms with Crippen LogP contribution in [0.5, 0.6) is 0 Å². The number of imidazole rings is 1. The van der Waals surface area contributed by atoms with Crippen molar-refractivity contribution in [3.05, 3.63) is 91.6 Å². The van der Waals surface area contributed by atoms with Gasteiger partial charge in [-0.2, -0.15) is 5.10 Å². The molecule has 0 aliphatic rings. The predicted octanol–water partition coefficient (Wildman–Crippen LogP) is 4.98. The minimum atomic E-state index is -0.532. The molecule has 0 amide bonds. The molecule has 0 spiro atoms. The Kier molecular flexibility index (Phi) is 7.06. The van der Waals surface area contributed by atoms with Crippen LogP contribution >= 0.6 is 22.6 Å². The second-order valence-corrected chi connectivity index (χ2v) is 8.72. The van der Waals surface area contributed by atoms with Crippen LogP contribution in [-0.2, 0) is 17.7 Å². The average Bonchev–Trinajstić information content (AvgIpc) is 3.39. The number of aromatic nitrogens is 4. The van der Waals surface area contributed by atoms with Gasteiger partial charge in [-0.1, -0.05) is 30.3 Å². The average molecular weight is 571 g/mol. The first-order chi connectivity index (χ1) is 16.4. The molecule has 0 fully saturated rings. The summed E-state index contributed by atoms with van der Waals surface area (Å²) in [5.74, 6) is -0.104. The Balaban J connectivity index is 1.89. The molecule has 2 heterocycles. The molecule has 0 unspecified atom stereocenters. The molecule has 0 aliphatic carbocycles. The van der Waals surface area contributed by atoms with Crippen LogP contribution in [0.3, 0.4) is 0 Å². The van der Waals surface area contributed by atoms with Gasteiger partial charge in [0.05, 0.1) is 24.5 Å². The number of nitro groups is 1. The predicted molar refractivity (Wildman–Crippen MR) is 135 cm³/mol. The molecule has 34 heavy (non-hydrogen) atoms. The van der Waals surface area contributed by atoms with Crippen molar-refractivity contribution in [1.29, 1.82) is 0 Å². The maximum Gasteiger partial charge on any atom is 0.359 e. The summed E-state index contributed by atoms with van der Waals surface area (Å²) in [4.78, 5) is 28.0. The number of ether oxygens (including phenoxy) is 1. The highest BCUT2D eigenvalue weighted by atomic mass is 127.